The van der Waals surface area contributed by atoms with Gasteiger partial charge in [0.1, 0.15) is 34.8 Å². The quantitative estimate of drug-likeness (QED) is 0.157. The lowest BCUT2D eigenvalue weighted by Gasteiger charge is -2.27. The summed E-state index contributed by atoms with van der Waals surface area (Å²) in [6.07, 6.45) is 17.1. The maximum Gasteiger partial charge on any atom is 0.314 e. The number of nitrogens with zero attached hydrogens (tertiary/aromatic N) is 2. The number of esters is 2. The van der Waals surface area contributed by atoms with Crippen molar-refractivity contribution in [1.29, 1.82) is 10.5 Å². The molecule has 1 aromatic rings. The van der Waals surface area contributed by atoms with Gasteiger partial charge in [-0.2, -0.15) is 10.5 Å². The molecule has 6 nitrogen and oxygen atoms in total. The van der Waals surface area contributed by atoms with Crippen molar-refractivity contribution in [3.05, 3.63) is 23.3 Å². The molecule has 6 heteroatoms. The van der Waals surface area contributed by atoms with Crippen LogP contribution in [0, 0.1) is 46.3 Å². The van der Waals surface area contributed by atoms with Crippen molar-refractivity contribution < 1.29 is 19.1 Å². The molecule has 0 aromatic heterocycles. The highest BCUT2D eigenvalue weighted by atomic mass is 16.5. The molecule has 2 aliphatic rings. The molecule has 206 valence electrons. The van der Waals surface area contributed by atoms with E-state index in [0.717, 1.165) is 51.4 Å². The molecule has 3 rings (SSSR count). The Morgan fingerprint density at radius 1 is 0.684 bits per heavy atom. The molecule has 0 spiro atoms. The zero-order valence-corrected chi connectivity index (χ0v) is 23.3. The largest absolute Gasteiger partial charge is 0.425 e. The highest BCUT2D eigenvalue weighted by molar-refractivity contribution is 5.79. The van der Waals surface area contributed by atoms with Crippen molar-refractivity contribution >= 4 is 11.9 Å². The summed E-state index contributed by atoms with van der Waals surface area (Å²) in [6, 6.07) is 6.93. The number of carbonyl (C=O) groups is 2. The third-order valence-electron chi connectivity index (χ3n) is 8.57. The summed E-state index contributed by atoms with van der Waals surface area (Å²) in [5.74, 6) is 0.396. The summed E-state index contributed by atoms with van der Waals surface area (Å²) in [7, 11) is 0. The minimum Gasteiger partial charge on any atom is -0.425 e. The van der Waals surface area contributed by atoms with E-state index in [9.17, 15) is 20.1 Å². The lowest BCUT2D eigenvalue weighted by Crippen LogP contribution is -2.26. The monoisotopic (exact) mass is 520 g/mol. The molecule has 0 aliphatic heterocycles. The Morgan fingerprint density at radius 2 is 1.05 bits per heavy atom. The standard InChI is InChI=1S/C32H44N2O4/c1-3-5-7-9-23-11-15-25(16-12-23)31(35)37-29-19-20-30(28(22-34)27(29)21-33)38-32(36)26-17-13-24(14-18-26)10-8-6-4-2/h19-20,23-26H,3-18H2,1-2H3. The Hall–Kier alpha value is -2.86. The summed E-state index contributed by atoms with van der Waals surface area (Å²) in [6.45, 7) is 4.41. The Labute approximate surface area is 228 Å². The van der Waals surface area contributed by atoms with Crippen molar-refractivity contribution in [2.75, 3.05) is 0 Å². The smallest absolute Gasteiger partial charge is 0.314 e. The molecule has 0 radical (unpaired) electrons. The van der Waals surface area contributed by atoms with E-state index in [1.54, 1.807) is 0 Å². The Morgan fingerprint density at radius 3 is 1.37 bits per heavy atom. The van der Waals surface area contributed by atoms with Gasteiger partial charge in [0.05, 0.1) is 11.8 Å². The average Bonchev–Trinajstić information content (AvgIpc) is 2.94. The van der Waals surface area contributed by atoms with Crippen molar-refractivity contribution in [2.24, 2.45) is 23.7 Å². The van der Waals surface area contributed by atoms with Crippen molar-refractivity contribution in [1.82, 2.24) is 0 Å². The van der Waals surface area contributed by atoms with Gasteiger partial charge in [0.15, 0.2) is 0 Å². The molecule has 0 unspecified atom stereocenters. The first-order chi connectivity index (χ1) is 18.5. The molecular formula is C32H44N2O4. The maximum atomic E-state index is 12.9. The second-order valence-corrected chi connectivity index (χ2v) is 11.3. The fourth-order valence-corrected chi connectivity index (χ4v) is 6.08. The number of nitriles is 2. The van der Waals surface area contributed by atoms with Crippen molar-refractivity contribution in [2.45, 2.75) is 117 Å². The van der Waals surface area contributed by atoms with E-state index in [-0.39, 0.29) is 46.4 Å². The molecule has 2 saturated carbocycles. The molecular weight excluding hydrogens is 476 g/mol. The number of ether oxygens (including phenoxy) is 2. The molecule has 1 aromatic carbocycles. The molecule has 2 aliphatic carbocycles. The van der Waals surface area contributed by atoms with Gasteiger partial charge in [-0.05, 0) is 75.3 Å². The van der Waals surface area contributed by atoms with Crippen LogP contribution in [0.5, 0.6) is 11.5 Å². The molecule has 0 bridgehead atoms. The highest BCUT2D eigenvalue weighted by Gasteiger charge is 2.31. The molecule has 0 saturated heterocycles. The Bertz CT molecular complexity index is 925. The second-order valence-electron chi connectivity index (χ2n) is 11.3. The van der Waals surface area contributed by atoms with Crippen LogP contribution in [0.25, 0.3) is 0 Å². The highest BCUT2D eigenvalue weighted by Crippen LogP contribution is 2.36. The van der Waals surface area contributed by atoms with Gasteiger partial charge < -0.3 is 9.47 Å². The Balaban J connectivity index is 1.57. The van der Waals surface area contributed by atoms with Crippen LogP contribution in [-0.2, 0) is 9.59 Å². The fraction of sp³-hybridized carbons (Fsp3) is 0.688. The van der Waals surface area contributed by atoms with E-state index in [2.05, 4.69) is 13.8 Å². The predicted octanol–water partition coefficient (Wildman–Crippen LogP) is 8.01. The molecule has 2 fully saturated rings. The SMILES string of the molecule is CCCCCC1CCC(C(=O)Oc2ccc(OC(=O)C3CCC(CCCCC)CC3)c(C#N)c2C#N)CC1. The summed E-state index contributed by atoms with van der Waals surface area (Å²) < 4.78 is 11.3. The zero-order chi connectivity index (χ0) is 27.3. The fourth-order valence-electron chi connectivity index (χ4n) is 6.08. The van der Waals surface area contributed by atoms with Crippen LogP contribution in [0.3, 0.4) is 0 Å². The molecule has 38 heavy (non-hydrogen) atoms. The number of carbonyl (C=O) groups excluding carboxylic acids is 2. The van der Waals surface area contributed by atoms with Gasteiger partial charge in [0, 0.05) is 0 Å². The normalized spacial score (nSPS) is 23.2. The third-order valence-corrected chi connectivity index (χ3v) is 8.57. The lowest BCUT2D eigenvalue weighted by molar-refractivity contribution is -0.141. The first kappa shape index (κ1) is 29.7. The lowest BCUT2D eigenvalue weighted by atomic mass is 9.80. The van der Waals surface area contributed by atoms with Gasteiger partial charge in [-0.25, -0.2) is 0 Å². The van der Waals surface area contributed by atoms with E-state index in [1.807, 2.05) is 12.1 Å². The summed E-state index contributed by atoms with van der Waals surface area (Å²) in [5, 5.41) is 19.6. The predicted molar refractivity (Wildman–Crippen MR) is 146 cm³/mol. The number of hydrogen-bond donors (Lipinski definition) is 0. The number of hydrogen-bond acceptors (Lipinski definition) is 6. The molecule has 0 heterocycles. The Kier molecular flexibility index (Phi) is 12.1. The topological polar surface area (TPSA) is 100 Å². The van der Waals surface area contributed by atoms with Crippen LogP contribution in [0.1, 0.15) is 128 Å². The van der Waals surface area contributed by atoms with Crippen molar-refractivity contribution in [3.8, 4) is 23.6 Å². The minimum absolute atomic E-state index is 0.0565. The van der Waals surface area contributed by atoms with E-state index < -0.39 is 0 Å². The first-order valence-electron chi connectivity index (χ1n) is 14.9. The summed E-state index contributed by atoms with van der Waals surface area (Å²) >= 11 is 0. The average molecular weight is 521 g/mol. The maximum absolute atomic E-state index is 12.9. The van der Waals surface area contributed by atoms with Crippen LogP contribution < -0.4 is 9.47 Å². The first-order valence-corrected chi connectivity index (χ1v) is 14.9. The van der Waals surface area contributed by atoms with E-state index in [4.69, 9.17) is 9.47 Å². The third kappa shape index (κ3) is 8.32. The van der Waals surface area contributed by atoms with Gasteiger partial charge in [-0.15, -0.1) is 0 Å². The summed E-state index contributed by atoms with van der Waals surface area (Å²) in [5.41, 5.74) is -0.113. The molecule has 0 atom stereocenters. The van der Waals surface area contributed by atoms with E-state index in [1.165, 1.54) is 63.5 Å². The number of benzene rings is 1. The number of unbranched alkanes of at least 4 members (excludes halogenated alkanes) is 4. The second kappa shape index (κ2) is 15.5. The van der Waals surface area contributed by atoms with Crippen molar-refractivity contribution in [3.63, 3.8) is 0 Å². The van der Waals surface area contributed by atoms with Gasteiger partial charge in [-0.1, -0.05) is 65.2 Å². The van der Waals surface area contributed by atoms with Gasteiger partial charge in [0.2, 0.25) is 0 Å². The summed E-state index contributed by atoms with van der Waals surface area (Å²) in [4.78, 5) is 25.8. The van der Waals surface area contributed by atoms with Gasteiger partial charge in [-0.3, -0.25) is 9.59 Å². The van der Waals surface area contributed by atoms with Crippen LogP contribution >= 0.6 is 0 Å². The van der Waals surface area contributed by atoms with Gasteiger partial charge in [0.25, 0.3) is 0 Å². The number of rotatable bonds is 12. The van der Waals surface area contributed by atoms with Crippen LogP contribution in [0.15, 0.2) is 12.1 Å². The van der Waals surface area contributed by atoms with E-state index in [0.29, 0.717) is 11.8 Å². The van der Waals surface area contributed by atoms with E-state index >= 15 is 0 Å². The van der Waals surface area contributed by atoms with Crippen LogP contribution in [0.2, 0.25) is 0 Å². The zero-order valence-electron chi connectivity index (χ0n) is 23.3. The minimum atomic E-state index is -0.349. The van der Waals surface area contributed by atoms with Gasteiger partial charge >= 0.3 is 11.9 Å². The van der Waals surface area contributed by atoms with Crippen LogP contribution in [0.4, 0.5) is 0 Å². The van der Waals surface area contributed by atoms with Crippen LogP contribution in [-0.4, -0.2) is 11.9 Å². The molecule has 0 amide bonds. The molecule has 0 N–H and O–H groups in total.